The summed E-state index contributed by atoms with van der Waals surface area (Å²) in [4.78, 5) is 0. The van der Waals surface area contributed by atoms with Gasteiger partial charge in [0.15, 0.2) is 11.6 Å². The number of benzene rings is 2. The fourth-order valence-electron chi connectivity index (χ4n) is 1.82. The van der Waals surface area contributed by atoms with Gasteiger partial charge in [0.2, 0.25) is 0 Å². The monoisotopic (exact) mass is 269 g/mol. The summed E-state index contributed by atoms with van der Waals surface area (Å²) in [6.45, 7) is 0.457. The van der Waals surface area contributed by atoms with E-state index in [1.807, 2.05) is 0 Å². The van der Waals surface area contributed by atoms with Crippen LogP contribution >= 0.6 is 0 Å². The van der Waals surface area contributed by atoms with Crippen LogP contribution in [0.3, 0.4) is 0 Å². The fourth-order valence-corrected chi connectivity index (χ4v) is 1.82. The third kappa shape index (κ3) is 2.76. The van der Waals surface area contributed by atoms with Crippen LogP contribution in [-0.2, 0) is 6.54 Å². The zero-order chi connectivity index (χ0) is 14.0. The summed E-state index contributed by atoms with van der Waals surface area (Å²) in [5.74, 6) is -4.20. The van der Waals surface area contributed by atoms with Gasteiger partial charge in [-0.2, -0.15) is 0 Å². The first kappa shape index (κ1) is 13.5. The van der Waals surface area contributed by atoms with E-state index in [2.05, 4.69) is 5.32 Å². The molecular formula is C14H11F4N. The van der Waals surface area contributed by atoms with E-state index in [4.69, 9.17) is 0 Å². The van der Waals surface area contributed by atoms with E-state index in [0.29, 0.717) is 24.2 Å². The molecule has 0 heterocycles. The third-order valence-electron chi connectivity index (χ3n) is 2.71. The lowest BCUT2D eigenvalue weighted by atomic mass is 10.0. The van der Waals surface area contributed by atoms with Gasteiger partial charge in [-0.15, -0.1) is 0 Å². The van der Waals surface area contributed by atoms with Crippen molar-refractivity contribution in [2.24, 2.45) is 0 Å². The molecule has 2 aromatic carbocycles. The molecular weight excluding hydrogens is 258 g/mol. The lowest BCUT2D eigenvalue weighted by molar-refractivity contribution is 0.495. The largest absolute Gasteiger partial charge is 0.316 e. The highest BCUT2D eigenvalue weighted by molar-refractivity contribution is 5.65. The van der Waals surface area contributed by atoms with Gasteiger partial charge in [0.25, 0.3) is 0 Å². The molecule has 0 aliphatic rings. The smallest absolute Gasteiger partial charge is 0.161 e. The molecule has 0 atom stereocenters. The summed E-state index contributed by atoms with van der Waals surface area (Å²) in [5.41, 5.74) is 0.321. The Morgan fingerprint density at radius 1 is 0.789 bits per heavy atom. The van der Waals surface area contributed by atoms with Crippen LogP contribution in [0.15, 0.2) is 30.3 Å². The molecule has 0 aliphatic carbocycles. The Morgan fingerprint density at radius 2 is 1.42 bits per heavy atom. The summed E-state index contributed by atoms with van der Waals surface area (Å²) in [6, 6.07) is 5.18. The zero-order valence-electron chi connectivity index (χ0n) is 10.1. The molecule has 0 fully saturated rings. The van der Waals surface area contributed by atoms with E-state index in [1.54, 1.807) is 7.05 Å². The van der Waals surface area contributed by atoms with Crippen molar-refractivity contribution in [1.29, 1.82) is 0 Å². The molecule has 2 aromatic rings. The Morgan fingerprint density at radius 3 is 2.11 bits per heavy atom. The zero-order valence-corrected chi connectivity index (χ0v) is 10.1. The number of halogens is 4. The lowest BCUT2D eigenvalue weighted by Gasteiger charge is -2.08. The highest BCUT2D eigenvalue weighted by Gasteiger charge is 2.15. The Bertz CT molecular complexity index is 611. The maximum atomic E-state index is 13.7. The summed E-state index contributed by atoms with van der Waals surface area (Å²) in [6.07, 6.45) is 0. The van der Waals surface area contributed by atoms with Gasteiger partial charge in [-0.05, 0) is 30.8 Å². The molecule has 0 spiro atoms. The third-order valence-corrected chi connectivity index (χ3v) is 2.71. The molecule has 0 aliphatic heterocycles. The maximum absolute atomic E-state index is 13.7. The second-order valence-corrected chi connectivity index (χ2v) is 4.09. The van der Waals surface area contributed by atoms with Crippen LogP contribution in [0.1, 0.15) is 5.56 Å². The Balaban J connectivity index is 2.57. The Hall–Kier alpha value is -1.88. The van der Waals surface area contributed by atoms with Crippen LogP contribution in [0.2, 0.25) is 0 Å². The Labute approximate surface area is 107 Å². The quantitative estimate of drug-likeness (QED) is 0.662. The van der Waals surface area contributed by atoms with Gasteiger partial charge in [-0.25, -0.2) is 17.6 Å². The van der Waals surface area contributed by atoms with Crippen LogP contribution in [0, 0.1) is 23.3 Å². The molecule has 0 saturated heterocycles. The van der Waals surface area contributed by atoms with Gasteiger partial charge in [-0.3, -0.25) is 0 Å². The van der Waals surface area contributed by atoms with Crippen LogP contribution in [0.25, 0.3) is 11.1 Å². The SMILES string of the molecule is CNCc1ccc(F)c(-c2cc(F)c(F)cc2F)c1. The minimum absolute atomic E-state index is 0.0934. The summed E-state index contributed by atoms with van der Waals surface area (Å²) in [7, 11) is 1.71. The van der Waals surface area contributed by atoms with E-state index in [9.17, 15) is 17.6 Å². The van der Waals surface area contributed by atoms with Crippen LogP contribution < -0.4 is 5.32 Å². The molecule has 0 amide bonds. The molecule has 0 saturated carbocycles. The second kappa shape index (κ2) is 5.40. The van der Waals surface area contributed by atoms with E-state index >= 15 is 0 Å². The first-order valence-corrected chi connectivity index (χ1v) is 5.61. The molecule has 19 heavy (non-hydrogen) atoms. The van der Waals surface area contributed by atoms with Crippen molar-refractivity contribution in [3.05, 3.63) is 59.2 Å². The Kier molecular flexibility index (Phi) is 3.85. The molecule has 0 aromatic heterocycles. The van der Waals surface area contributed by atoms with Gasteiger partial charge in [0.1, 0.15) is 11.6 Å². The standard InChI is InChI=1S/C14H11F4N/c1-19-7-8-2-3-11(15)9(4-8)10-5-13(17)14(18)6-12(10)16/h2-6,19H,7H2,1H3. The molecule has 1 nitrogen and oxygen atoms in total. The van der Waals surface area contributed by atoms with Crippen molar-refractivity contribution < 1.29 is 17.6 Å². The lowest BCUT2D eigenvalue weighted by Crippen LogP contribution is -2.05. The first-order chi connectivity index (χ1) is 9.02. The molecule has 0 bridgehead atoms. The van der Waals surface area contributed by atoms with Gasteiger partial charge >= 0.3 is 0 Å². The maximum Gasteiger partial charge on any atom is 0.161 e. The van der Waals surface area contributed by atoms with Crippen molar-refractivity contribution in [1.82, 2.24) is 5.32 Å². The topological polar surface area (TPSA) is 12.0 Å². The summed E-state index contributed by atoms with van der Waals surface area (Å²) < 4.78 is 53.3. The first-order valence-electron chi connectivity index (χ1n) is 5.61. The number of hydrogen-bond acceptors (Lipinski definition) is 1. The minimum Gasteiger partial charge on any atom is -0.316 e. The van der Waals surface area contributed by atoms with Crippen LogP contribution in [-0.4, -0.2) is 7.05 Å². The number of hydrogen-bond donors (Lipinski definition) is 1. The van der Waals surface area contributed by atoms with Crippen molar-refractivity contribution in [3.63, 3.8) is 0 Å². The van der Waals surface area contributed by atoms with Gasteiger partial charge in [0.05, 0.1) is 0 Å². The molecule has 1 N–H and O–H groups in total. The number of nitrogens with one attached hydrogen (secondary N) is 1. The van der Waals surface area contributed by atoms with Gasteiger partial charge in [0, 0.05) is 23.7 Å². The van der Waals surface area contributed by atoms with Crippen molar-refractivity contribution >= 4 is 0 Å². The summed E-state index contributed by atoms with van der Waals surface area (Å²) in [5, 5.41) is 2.87. The van der Waals surface area contributed by atoms with Crippen molar-refractivity contribution in [2.75, 3.05) is 7.05 Å². The van der Waals surface area contributed by atoms with Crippen molar-refractivity contribution in [2.45, 2.75) is 6.54 Å². The second-order valence-electron chi connectivity index (χ2n) is 4.09. The molecule has 0 radical (unpaired) electrons. The average molecular weight is 269 g/mol. The normalized spacial score (nSPS) is 10.8. The highest BCUT2D eigenvalue weighted by Crippen LogP contribution is 2.28. The predicted molar refractivity (Wildman–Crippen MR) is 64.5 cm³/mol. The molecule has 0 unspecified atom stereocenters. The molecule has 5 heteroatoms. The van der Waals surface area contributed by atoms with E-state index < -0.39 is 23.3 Å². The highest BCUT2D eigenvalue weighted by atomic mass is 19.2. The minimum atomic E-state index is -1.30. The van der Waals surface area contributed by atoms with E-state index in [0.717, 1.165) is 0 Å². The fraction of sp³-hybridized carbons (Fsp3) is 0.143. The summed E-state index contributed by atoms with van der Waals surface area (Å²) >= 11 is 0. The van der Waals surface area contributed by atoms with E-state index in [-0.39, 0.29) is 11.1 Å². The van der Waals surface area contributed by atoms with Crippen LogP contribution in [0.5, 0.6) is 0 Å². The van der Waals surface area contributed by atoms with Crippen LogP contribution in [0.4, 0.5) is 17.6 Å². The number of rotatable bonds is 3. The van der Waals surface area contributed by atoms with Gasteiger partial charge < -0.3 is 5.32 Å². The molecule has 2 rings (SSSR count). The predicted octanol–water partition coefficient (Wildman–Crippen LogP) is 3.63. The van der Waals surface area contributed by atoms with Crippen molar-refractivity contribution in [3.8, 4) is 11.1 Å². The molecule has 100 valence electrons. The van der Waals surface area contributed by atoms with E-state index in [1.165, 1.54) is 18.2 Å². The average Bonchev–Trinajstić information content (AvgIpc) is 2.37. The van der Waals surface area contributed by atoms with Gasteiger partial charge in [-0.1, -0.05) is 6.07 Å².